The van der Waals surface area contributed by atoms with Crippen molar-refractivity contribution in [3.63, 3.8) is 0 Å². The van der Waals surface area contributed by atoms with Gasteiger partial charge in [-0.25, -0.2) is 18.6 Å². The van der Waals surface area contributed by atoms with E-state index in [0.717, 1.165) is 28.0 Å². The van der Waals surface area contributed by atoms with Gasteiger partial charge in [-0.2, -0.15) is 0 Å². The lowest BCUT2D eigenvalue weighted by atomic mass is 10.1. The van der Waals surface area contributed by atoms with Crippen LogP contribution < -0.4 is 15.1 Å². The first-order valence-electron chi connectivity index (χ1n) is 9.11. The fourth-order valence-electron chi connectivity index (χ4n) is 3.58. The average molecular weight is 434 g/mol. The van der Waals surface area contributed by atoms with Crippen LogP contribution in [-0.4, -0.2) is 41.1 Å². The van der Waals surface area contributed by atoms with Gasteiger partial charge < -0.3 is 14.8 Å². The van der Waals surface area contributed by atoms with Crippen LogP contribution in [-0.2, 0) is 11.8 Å². The maximum Gasteiger partial charge on any atom is 0.323 e. The maximum atomic E-state index is 14.4. The van der Waals surface area contributed by atoms with Crippen LogP contribution >= 0.6 is 11.6 Å². The van der Waals surface area contributed by atoms with Crippen molar-refractivity contribution in [1.82, 2.24) is 14.9 Å². The molecule has 4 rings (SSSR count). The summed E-state index contributed by atoms with van der Waals surface area (Å²) in [6.45, 7) is 1.91. The Balaban J connectivity index is 1.72. The molecule has 1 fully saturated rings. The van der Waals surface area contributed by atoms with Crippen molar-refractivity contribution in [2.45, 2.75) is 13.0 Å². The van der Waals surface area contributed by atoms with Gasteiger partial charge in [-0.15, -0.1) is 0 Å². The van der Waals surface area contributed by atoms with E-state index in [1.165, 1.54) is 11.9 Å². The fraction of sp³-hybridized carbons (Fsp3) is 0.250. The second-order valence-corrected chi connectivity index (χ2v) is 7.50. The van der Waals surface area contributed by atoms with Crippen molar-refractivity contribution in [2.75, 3.05) is 23.4 Å². The number of aryl methyl sites for hydroxylation is 2. The minimum absolute atomic E-state index is 0.0183. The lowest BCUT2D eigenvalue weighted by Gasteiger charge is -2.27. The number of amides is 3. The van der Waals surface area contributed by atoms with E-state index < -0.39 is 34.6 Å². The third-order valence-electron chi connectivity index (χ3n) is 5.25. The van der Waals surface area contributed by atoms with Gasteiger partial charge in [-0.3, -0.25) is 9.69 Å². The molecule has 1 aromatic carbocycles. The van der Waals surface area contributed by atoms with Crippen molar-refractivity contribution in [3.8, 4) is 0 Å². The number of urea groups is 1. The van der Waals surface area contributed by atoms with Gasteiger partial charge in [-0.1, -0.05) is 11.6 Å². The minimum Gasteiger partial charge on any atom is -0.336 e. The Bertz CT molecular complexity index is 1200. The molecule has 0 bridgehead atoms. The zero-order valence-electron chi connectivity index (χ0n) is 16.4. The molecule has 2 aromatic heterocycles. The van der Waals surface area contributed by atoms with Gasteiger partial charge in [0, 0.05) is 32.2 Å². The van der Waals surface area contributed by atoms with E-state index in [1.807, 2.05) is 30.8 Å². The number of carbonyl (C=O) groups is 2. The zero-order chi connectivity index (χ0) is 21.7. The van der Waals surface area contributed by atoms with Crippen LogP contribution in [0.2, 0.25) is 5.02 Å². The van der Waals surface area contributed by atoms with Crippen molar-refractivity contribution in [3.05, 3.63) is 52.7 Å². The predicted molar refractivity (Wildman–Crippen MR) is 110 cm³/mol. The van der Waals surface area contributed by atoms with Crippen LogP contribution in [0.25, 0.3) is 11.0 Å². The second kappa shape index (κ2) is 7.24. The van der Waals surface area contributed by atoms with Crippen LogP contribution in [0.15, 0.2) is 30.5 Å². The van der Waals surface area contributed by atoms with E-state index >= 15 is 0 Å². The molecule has 3 amide bonds. The molecule has 1 aliphatic rings. The van der Waals surface area contributed by atoms with Crippen LogP contribution in [0, 0.1) is 18.6 Å². The lowest BCUT2D eigenvalue weighted by Crippen LogP contribution is -2.47. The molecule has 0 radical (unpaired) electrons. The largest absolute Gasteiger partial charge is 0.336 e. The molecular formula is C20H18ClF2N5O2. The van der Waals surface area contributed by atoms with Crippen LogP contribution in [0.3, 0.4) is 0 Å². The maximum absolute atomic E-state index is 14.4. The van der Waals surface area contributed by atoms with E-state index in [2.05, 4.69) is 10.3 Å². The van der Waals surface area contributed by atoms with Gasteiger partial charge in [0.1, 0.15) is 28.3 Å². The third-order valence-corrected chi connectivity index (χ3v) is 5.59. The van der Waals surface area contributed by atoms with Crippen molar-refractivity contribution < 1.29 is 18.4 Å². The molecular weight excluding hydrogens is 416 g/mol. The lowest BCUT2D eigenvalue weighted by molar-refractivity contribution is -0.119. The Labute approximate surface area is 175 Å². The predicted octanol–water partition coefficient (Wildman–Crippen LogP) is 3.37. The first-order chi connectivity index (χ1) is 14.2. The molecule has 7 nitrogen and oxygen atoms in total. The van der Waals surface area contributed by atoms with Gasteiger partial charge >= 0.3 is 6.03 Å². The van der Waals surface area contributed by atoms with Crippen molar-refractivity contribution in [1.29, 1.82) is 0 Å². The highest BCUT2D eigenvalue weighted by Gasteiger charge is 2.40. The number of rotatable bonds is 3. The second-order valence-electron chi connectivity index (χ2n) is 7.12. The quantitative estimate of drug-likeness (QED) is 0.644. The molecule has 0 saturated carbocycles. The summed E-state index contributed by atoms with van der Waals surface area (Å²) in [5.41, 5.74) is 1.37. The van der Waals surface area contributed by atoms with Gasteiger partial charge in [0.15, 0.2) is 5.82 Å². The topological polar surface area (TPSA) is 70.5 Å². The number of carbonyl (C=O) groups excluding carboxylic acids is 2. The number of halogens is 3. The van der Waals surface area contributed by atoms with Gasteiger partial charge in [0.2, 0.25) is 0 Å². The molecule has 0 aliphatic carbocycles. The molecule has 1 aliphatic heterocycles. The Morgan fingerprint density at radius 3 is 2.80 bits per heavy atom. The third kappa shape index (κ3) is 3.06. The van der Waals surface area contributed by atoms with Gasteiger partial charge in [0.25, 0.3) is 5.91 Å². The molecule has 1 N–H and O–H groups in total. The highest BCUT2D eigenvalue weighted by atomic mass is 35.5. The Hall–Kier alpha value is -3.20. The monoisotopic (exact) mass is 433 g/mol. The number of hydrogen-bond donors (Lipinski definition) is 1. The van der Waals surface area contributed by atoms with Crippen molar-refractivity contribution >= 4 is 46.1 Å². The van der Waals surface area contributed by atoms with Crippen LogP contribution in [0.4, 0.5) is 25.1 Å². The summed E-state index contributed by atoms with van der Waals surface area (Å²) < 4.78 is 29.7. The molecule has 3 aromatic rings. The Kier molecular flexibility index (Phi) is 4.85. The van der Waals surface area contributed by atoms with E-state index in [4.69, 9.17) is 11.6 Å². The zero-order valence-corrected chi connectivity index (χ0v) is 17.2. The highest BCUT2D eigenvalue weighted by Crippen LogP contribution is 2.30. The molecule has 10 heteroatoms. The van der Waals surface area contributed by atoms with Gasteiger partial charge in [0.05, 0.1) is 5.69 Å². The SMILES string of the molecule is Cc1cc(N2C(=O)NC[C@H]2C(=O)N(C)c2ccc(F)c(Cl)c2F)nc2c1ccn2C. The molecule has 156 valence electrons. The van der Waals surface area contributed by atoms with Gasteiger partial charge in [-0.05, 0) is 36.8 Å². The van der Waals surface area contributed by atoms with E-state index in [0.29, 0.717) is 11.5 Å². The summed E-state index contributed by atoms with van der Waals surface area (Å²) in [5, 5.41) is 2.87. The summed E-state index contributed by atoms with van der Waals surface area (Å²) in [4.78, 5) is 32.5. The minimum atomic E-state index is -1.05. The number of benzene rings is 1. The normalized spacial score (nSPS) is 16.3. The molecule has 3 heterocycles. The number of nitrogens with zero attached hydrogens (tertiary/aromatic N) is 4. The number of pyridine rings is 1. The molecule has 30 heavy (non-hydrogen) atoms. The smallest absolute Gasteiger partial charge is 0.323 e. The van der Waals surface area contributed by atoms with Crippen LogP contribution in [0.1, 0.15) is 5.56 Å². The fourth-order valence-corrected chi connectivity index (χ4v) is 3.74. The number of likely N-dealkylation sites (N-methyl/N-ethyl adjacent to an activating group) is 1. The summed E-state index contributed by atoms with van der Waals surface area (Å²) in [5.74, 6) is -2.23. The first-order valence-corrected chi connectivity index (χ1v) is 9.49. The highest BCUT2D eigenvalue weighted by molar-refractivity contribution is 6.31. The molecule has 0 unspecified atom stereocenters. The van der Waals surface area contributed by atoms with E-state index in [1.54, 1.807) is 6.07 Å². The molecule has 1 saturated heterocycles. The summed E-state index contributed by atoms with van der Waals surface area (Å²) in [6, 6.07) is 4.30. The average Bonchev–Trinajstić information content (AvgIpc) is 3.28. The van der Waals surface area contributed by atoms with Crippen LogP contribution in [0.5, 0.6) is 0 Å². The Morgan fingerprint density at radius 2 is 2.07 bits per heavy atom. The van der Waals surface area contributed by atoms with E-state index in [9.17, 15) is 18.4 Å². The van der Waals surface area contributed by atoms with E-state index in [-0.39, 0.29) is 12.2 Å². The summed E-state index contributed by atoms with van der Waals surface area (Å²) >= 11 is 5.64. The summed E-state index contributed by atoms with van der Waals surface area (Å²) in [6.07, 6.45) is 1.86. The number of aromatic nitrogens is 2. The molecule has 0 spiro atoms. The standard InChI is InChI=1S/C20H18ClF2N5O2/c1-10-8-15(25-18-11(10)6-7-26(18)2)28-14(9-24-20(28)30)19(29)27(3)13-5-4-12(22)16(21)17(13)23/h4-8,14H,9H2,1-3H3,(H,24,30)/t14-/m0/s1. The number of anilines is 2. The molecule has 1 atom stereocenters. The first kappa shape index (κ1) is 20.1. The number of nitrogens with one attached hydrogen (secondary N) is 1. The Morgan fingerprint density at radius 1 is 1.33 bits per heavy atom. The van der Waals surface area contributed by atoms with Crippen molar-refractivity contribution in [2.24, 2.45) is 7.05 Å². The summed E-state index contributed by atoms with van der Waals surface area (Å²) in [7, 11) is 3.18. The number of hydrogen-bond acceptors (Lipinski definition) is 3. The number of fused-ring (bicyclic) bond motifs is 1.